The first-order valence-corrected chi connectivity index (χ1v) is 7.13. The second-order valence-corrected chi connectivity index (χ2v) is 5.51. The Hall–Kier alpha value is -0.420. The molecule has 0 amide bonds. The van der Waals surface area contributed by atoms with E-state index in [0.29, 0.717) is 0 Å². The Morgan fingerprint density at radius 3 is 2.53 bits per heavy atom. The van der Waals surface area contributed by atoms with Crippen molar-refractivity contribution >= 4 is 11.3 Å². The largest absolute Gasteiger partial charge is 0.380 e. The van der Waals surface area contributed by atoms with Gasteiger partial charge >= 0.3 is 0 Å². The number of hydrogen-bond donors (Lipinski definition) is 2. The zero-order chi connectivity index (χ0) is 12.7. The van der Waals surface area contributed by atoms with Gasteiger partial charge in [0.1, 0.15) is 0 Å². The van der Waals surface area contributed by atoms with Crippen molar-refractivity contribution in [3.63, 3.8) is 0 Å². The molecular weight excluding hydrogens is 232 g/mol. The molecule has 98 valence electrons. The quantitative estimate of drug-likeness (QED) is 0.555. The molecule has 0 saturated carbocycles. The summed E-state index contributed by atoms with van der Waals surface area (Å²) < 4.78 is 5.51. The smallest absolute Gasteiger partial charge is 0.0741 e. The Morgan fingerprint density at radius 1 is 1.35 bits per heavy atom. The molecule has 0 saturated heterocycles. The van der Waals surface area contributed by atoms with Gasteiger partial charge in [0, 0.05) is 23.3 Å². The lowest BCUT2D eigenvalue weighted by Gasteiger charge is -2.24. The molecule has 1 aromatic rings. The highest BCUT2D eigenvalue weighted by molar-refractivity contribution is 7.11. The summed E-state index contributed by atoms with van der Waals surface area (Å²) in [6.07, 6.45) is 4.39. The average Bonchev–Trinajstić information content (AvgIpc) is 2.81. The molecule has 1 rings (SSSR count). The van der Waals surface area contributed by atoms with Gasteiger partial charge in [-0.2, -0.15) is 0 Å². The third-order valence-electron chi connectivity index (χ3n) is 3.03. The van der Waals surface area contributed by atoms with Crippen LogP contribution in [0.2, 0.25) is 0 Å². The van der Waals surface area contributed by atoms with Gasteiger partial charge < -0.3 is 4.74 Å². The molecule has 0 aromatic carbocycles. The van der Waals surface area contributed by atoms with Gasteiger partial charge in [0.2, 0.25) is 0 Å². The molecule has 3 nitrogen and oxygen atoms in total. The van der Waals surface area contributed by atoms with Gasteiger partial charge in [0.05, 0.1) is 12.1 Å². The van der Waals surface area contributed by atoms with Crippen LogP contribution in [-0.4, -0.2) is 19.3 Å². The van der Waals surface area contributed by atoms with Crippen molar-refractivity contribution < 1.29 is 4.74 Å². The van der Waals surface area contributed by atoms with Crippen molar-refractivity contribution in [1.29, 1.82) is 0 Å². The number of ether oxygens (including phenoxy) is 1. The van der Waals surface area contributed by atoms with Crippen LogP contribution in [0.15, 0.2) is 12.1 Å². The number of nitrogens with one attached hydrogen (secondary N) is 1. The second-order valence-electron chi connectivity index (χ2n) is 4.26. The van der Waals surface area contributed by atoms with Gasteiger partial charge in [-0.1, -0.05) is 20.3 Å². The van der Waals surface area contributed by atoms with Crippen LogP contribution in [0.3, 0.4) is 0 Å². The number of hydrazine groups is 1. The number of hydrogen-bond acceptors (Lipinski definition) is 4. The van der Waals surface area contributed by atoms with E-state index in [1.807, 2.05) is 11.3 Å². The zero-order valence-corrected chi connectivity index (χ0v) is 11.8. The third kappa shape index (κ3) is 4.39. The Balaban J connectivity index is 2.61. The van der Waals surface area contributed by atoms with E-state index in [1.165, 1.54) is 9.75 Å². The Morgan fingerprint density at radius 2 is 2.06 bits per heavy atom. The van der Waals surface area contributed by atoms with Crippen LogP contribution in [0.25, 0.3) is 0 Å². The summed E-state index contributed by atoms with van der Waals surface area (Å²) in [5, 5.41) is 0. The van der Waals surface area contributed by atoms with Crippen molar-refractivity contribution in [2.24, 2.45) is 5.84 Å². The van der Waals surface area contributed by atoms with Gasteiger partial charge in [-0.05, 0) is 25.0 Å². The summed E-state index contributed by atoms with van der Waals surface area (Å²) in [6.45, 7) is 4.35. The molecule has 0 bridgehead atoms. The number of methoxy groups -OCH3 is 1. The monoisotopic (exact) mass is 256 g/mol. The lowest BCUT2D eigenvalue weighted by Crippen LogP contribution is -2.46. The van der Waals surface area contributed by atoms with Crippen molar-refractivity contribution in [1.82, 2.24) is 5.43 Å². The molecule has 0 radical (unpaired) electrons. The molecular formula is C13H24N2OS. The van der Waals surface area contributed by atoms with Crippen LogP contribution in [0.1, 0.15) is 36.4 Å². The van der Waals surface area contributed by atoms with Gasteiger partial charge in [-0.15, -0.1) is 11.3 Å². The molecule has 2 atom stereocenters. The molecule has 0 aliphatic carbocycles. The average molecular weight is 256 g/mol. The van der Waals surface area contributed by atoms with Crippen molar-refractivity contribution in [3.05, 3.63) is 21.9 Å². The number of nitrogens with two attached hydrogens (primary N) is 1. The Kier molecular flexibility index (Phi) is 6.73. The standard InChI is InChI=1S/C13H24N2OS/c1-4-6-13(16-3)12(15-14)9-11-8-7-10(5-2)17-11/h7-8,12-13,15H,4-6,9,14H2,1-3H3. The first-order valence-electron chi connectivity index (χ1n) is 6.31. The van der Waals surface area contributed by atoms with Crippen molar-refractivity contribution in [2.75, 3.05) is 7.11 Å². The summed E-state index contributed by atoms with van der Waals surface area (Å²) >= 11 is 1.87. The van der Waals surface area contributed by atoms with Gasteiger partial charge in [-0.25, -0.2) is 0 Å². The maximum Gasteiger partial charge on any atom is 0.0741 e. The van der Waals surface area contributed by atoms with Crippen LogP contribution in [0.5, 0.6) is 0 Å². The van der Waals surface area contributed by atoms with Crippen LogP contribution < -0.4 is 11.3 Å². The fourth-order valence-corrected chi connectivity index (χ4v) is 3.02. The predicted molar refractivity (Wildman–Crippen MR) is 74.2 cm³/mol. The SMILES string of the molecule is CCCC(OC)C(Cc1ccc(CC)s1)NN. The Labute approximate surface area is 108 Å². The minimum atomic E-state index is 0.192. The summed E-state index contributed by atoms with van der Waals surface area (Å²) in [4.78, 5) is 2.81. The molecule has 0 aliphatic heterocycles. The second kappa shape index (κ2) is 7.82. The summed E-state index contributed by atoms with van der Waals surface area (Å²) in [5.74, 6) is 5.64. The molecule has 0 fully saturated rings. The number of thiophene rings is 1. The first-order chi connectivity index (χ1) is 8.24. The number of aryl methyl sites for hydroxylation is 1. The zero-order valence-electron chi connectivity index (χ0n) is 11.0. The third-order valence-corrected chi connectivity index (χ3v) is 4.28. The maximum atomic E-state index is 5.64. The van der Waals surface area contributed by atoms with Crippen molar-refractivity contribution in [2.45, 2.75) is 51.7 Å². The van der Waals surface area contributed by atoms with E-state index in [2.05, 4.69) is 31.4 Å². The topological polar surface area (TPSA) is 47.3 Å². The predicted octanol–water partition coefficient (Wildman–Crippen LogP) is 2.50. The lowest BCUT2D eigenvalue weighted by molar-refractivity contribution is 0.0611. The van der Waals surface area contributed by atoms with E-state index in [1.54, 1.807) is 7.11 Å². The number of rotatable bonds is 8. The molecule has 17 heavy (non-hydrogen) atoms. The molecule has 1 heterocycles. The highest BCUT2D eigenvalue weighted by atomic mass is 32.1. The highest BCUT2D eigenvalue weighted by Crippen LogP contribution is 2.20. The van der Waals surface area contributed by atoms with Gasteiger partial charge in [-0.3, -0.25) is 11.3 Å². The van der Waals surface area contributed by atoms with Crippen LogP contribution in [0, 0.1) is 0 Å². The van der Waals surface area contributed by atoms with Gasteiger partial charge in [0.25, 0.3) is 0 Å². The van der Waals surface area contributed by atoms with E-state index in [9.17, 15) is 0 Å². The summed E-state index contributed by atoms with van der Waals surface area (Å²) in [5.41, 5.74) is 2.90. The minimum Gasteiger partial charge on any atom is -0.380 e. The molecule has 0 aliphatic rings. The van der Waals surface area contributed by atoms with Gasteiger partial charge in [0.15, 0.2) is 0 Å². The molecule has 2 unspecified atom stereocenters. The van der Waals surface area contributed by atoms with Crippen molar-refractivity contribution in [3.8, 4) is 0 Å². The molecule has 1 aromatic heterocycles. The lowest BCUT2D eigenvalue weighted by atomic mass is 10.0. The van der Waals surface area contributed by atoms with E-state index in [-0.39, 0.29) is 12.1 Å². The maximum absolute atomic E-state index is 5.64. The summed E-state index contributed by atoms with van der Waals surface area (Å²) in [7, 11) is 1.76. The van der Waals surface area contributed by atoms with Crippen LogP contribution in [0.4, 0.5) is 0 Å². The first kappa shape index (κ1) is 14.6. The fraction of sp³-hybridized carbons (Fsp3) is 0.692. The van der Waals surface area contributed by atoms with E-state index >= 15 is 0 Å². The van der Waals surface area contributed by atoms with E-state index < -0.39 is 0 Å². The fourth-order valence-electron chi connectivity index (χ4n) is 2.00. The Bertz CT molecular complexity index is 314. The van der Waals surface area contributed by atoms with E-state index in [4.69, 9.17) is 10.6 Å². The minimum absolute atomic E-state index is 0.192. The summed E-state index contributed by atoms with van der Waals surface area (Å²) in [6, 6.07) is 4.60. The normalized spacial score (nSPS) is 14.8. The molecule has 4 heteroatoms. The molecule has 0 spiro atoms. The highest BCUT2D eigenvalue weighted by Gasteiger charge is 2.20. The molecule has 3 N–H and O–H groups in total. The van der Waals surface area contributed by atoms with E-state index in [0.717, 1.165) is 25.7 Å². The van der Waals surface area contributed by atoms with Crippen LogP contribution in [-0.2, 0) is 17.6 Å². The van der Waals surface area contributed by atoms with Crippen LogP contribution >= 0.6 is 11.3 Å².